The zero-order valence-corrected chi connectivity index (χ0v) is 13.8. The Morgan fingerprint density at radius 2 is 2.05 bits per heavy atom. The SMILES string of the molecule is COc1cc(C)c(S(=O)(=O)N(C)CC(C)C(=O)O)cc1Cl. The van der Waals surface area contributed by atoms with E-state index in [0.717, 1.165) is 4.31 Å². The average Bonchev–Trinajstić information content (AvgIpc) is 2.40. The zero-order valence-electron chi connectivity index (χ0n) is 12.3. The van der Waals surface area contributed by atoms with Crippen LogP contribution in [0.15, 0.2) is 17.0 Å². The number of halogens is 1. The van der Waals surface area contributed by atoms with Crippen LogP contribution in [0.2, 0.25) is 5.02 Å². The van der Waals surface area contributed by atoms with Gasteiger partial charge in [0.15, 0.2) is 0 Å². The van der Waals surface area contributed by atoms with Gasteiger partial charge in [-0.05, 0) is 24.6 Å². The monoisotopic (exact) mass is 335 g/mol. The Labute approximate surface area is 129 Å². The van der Waals surface area contributed by atoms with Gasteiger partial charge in [0.2, 0.25) is 10.0 Å². The molecule has 0 heterocycles. The van der Waals surface area contributed by atoms with E-state index in [2.05, 4.69) is 0 Å². The molecule has 21 heavy (non-hydrogen) atoms. The van der Waals surface area contributed by atoms with Crippen LogP contribution in [-0.4, -0.2) is 44.5 Å². The van der Waals surface area contributed by atoms with Crippen LogP contribution in [0.5, 0.6) is 5.75 Å². The quantitative estimate of drug-likeness (QED) is 0.859. The number of benzene rings is 1. The summed E-state index contributed by atoms with van der Waals surface area (Å²) >= 11 is 5.97. The topological polar surface area (TPSA) is 83.9 Å². The van der Waals surface area contributed by atoms with E-state index in [-0.39, 0.29) is 16.5 Å². The molecule has 6 nitrogen and oxygen atoms in total. The van der Waals surface area contributed by atoms with Crippen molar-refractivity contribution in [2.24, 2.45) is 5.92 Å². The number of hydrogen-bond donors (Lipinski definition) is 1. The molecule has 0 aliphatic heterocycles. The molecule has 0 aliphatic rings. The fourth-order valence-electron chi connectivity index (χ4n) is 1.80. The van der Waals surface area contributed by atoms with Crippen LogP contribution in [0, 0.1) is 12.8 Å². The minimum Gasteiger partial charge on any atom is -0.495 e. The van der Waals surface area contributed by atoms with Gasteiger partial charge in [0, 0.05) is 13.6 Å². The minimum atomic E-state index is -3.82. The summed E-state index contributed by atoms with van der Waals surface area (Å²) in [7, 11) is -1.04. The summed E-state index contributed by atoms with van der Waals surface area (Å²) < 4.78 is 31.0. The van der Waals surface area contributed by atoms with Crippen LogP contribution >= 0.6 is 11.6 Å². The molecule has 0 bridgehead atoms. The maximum absolute atomic E-state index is 12.5. The first-order valence-electron chi connectivity index (χ1n) is 6.14. The first kappa shape index (κ1) is 17.7. The van der Waals surface area contributed by atoms with Crippen LogP contribution < -0.4 is 4.74 Å². The molecule has 8 heteroatoms. The highest BCUT2D eigenvalue weighted by Crippen LogP contribution is 2.31. The second kappa shape index (κ2) is 6.64. The number of sulfonamides is 1. The molecule has 0 aliphatic carbocycles. The summed E-state index contributed by atoms with van der Waals surface area (Å²) in [6.45, 7) is 2.95. The number of carboxylic acid groups (broad SMARTS) is 1. The molecular weight excluding hydrogens is 318 g/mol. The van der Waals surface area contributed by atoms with Gasteiger partial charge in [-0.25, -0.2) is 12.7 Å². The molecule has 1 aromatic carbocycles. The number of ether oxygens (including phenoxy) is 1. The molecule has 1 aromatic rings. The summed E-state index contributed by atoms with van der Waals surface area (Å²) in [5.74, 6) is -1.48. The third-order valence-corrected chi connectivity index (χ3v) is 5.35. The fraction of sp³-hybridized carbons (Fsp3) is 0.462. The van der Waals surface area contributed by atoms with Crippen LogP contribution in [0.4, 0.5) is 0 Å². The summed E-state index contributed by atoms with van der Waals surface area (Å²) in [5.41, 5.74) is 0.478. The van der Waals surface area contributed by atoms with Crippen molar-refractivity contribution in [3.63, 3.8) is 0 Å². The third kappa shape index (κ3) is 3.87. The largest absolute Gasteiger partial charge is 0.495 e. The van der Waals surface area contributed by atoms with E-state index in [1.54, 1.807) is 6.92 Å². The molecule has 0 amide bonds. The van der Waals surface area contributed by atoms with Crippen LogP contribution in [0.3, 0.4) is 0 Å². The van der Waals surface area contributed by atoms with E-state index in [1.807, 2.05) is 0 Å². The van der Waals surface area contributed by atoms with Gasteiger partial charge in [-0.3, -0.25) is 4.79 Å². The molecule has 0 fully saturated rings. The highest BCUT2D eigenvalue weighted by molar-refractivity contribution is 7.89. The Morgan fingerprint density at radius 3 is 2.52 bits per heavy atom. The van der Waals surface area contributed by atoms with Crippen molar-refractivity contribution in [3.8, 4) is 5.75 Å². The molecule has 0 saturated heterocycles. The Balaban J connectivity index is 3.19. The first-order valence-corrected chi connectivity index (χ1v) is 7.96. The lowest BCUT2D eigenvalue weighted by atomic mass is 10.2. The Bertz CT molecular complexity index is 644. The molecule has 0 aromatic heterocycles. The van der Waals surface area contributed by atoms with Gasteiger partial charge in [-0.15, -0.1) is 0 Å². The van der Waals surface area contributed by atoms with Gasteiger partial charge in [0.25, 0.3) is 0 Å². The second-order valence-corrected chi connectivity index (χ2v) is 7.20. The van der Waals surface area contributed by atoms with Gasteiger partial charge in [0.1, 0.15) is 5.75 Å². The highest BCUT2D eigenvalue weighted by Gasteiger charge is 2.27. The zero-order chi connectivity index (χ0) is 16.4. The van der Waals surface area contributed by atoms with E-state index in [1.165, 1.54) is 33.2 Å². The molecule has 118 valence electrons. The number of aliphatic carboxylic acids is 1. The number of rotatable bonds is 6. The standard InChI is InChI=1S/C13H18ClNO5S/c1-8-5-11(20-4)10(14)6-12(8)21(18,19)15(3)7-9(2)13(16)17/h5-6,9H,7H2,1-4H3,(H,16,17). The number of aryl methyl sites for hydroxylation is 1. The number of methoxy groups -OCH3 is 1. The molecule has 1 N–H and O–H groups in total. The summed E-state index contributed by atoms with van der Waals surface area (Å²) in [4.78, 5) is 10.9. The van der Waals surface area contributed by atoms with Crippen molar-refractivity contribution in [3.05, 3.63) is 22.7 Å². The molecule has 1 atom stereocenters. The van der Waals surface area contributed by atoms with Gasteiger partial charge in [-0.2, -0.15) is 0 Å². The van der Waals surface area contributed by atoms with E-state index >= 15 is 0 Å². The lowest BCUT2D eigenvalue weighted by Gasteiger charge is -2.21. The summed E-state index contributed by atoms with van der Waals surface area (Å²) in [5, 5.41) is 9.06. The lowest BCUT2D eigenvalue weighted by molar-refractivity contribution is -0.141. The van der Waals surface area contributed by atoms with Crippen molar-refractivity contribution >= 4 is 27.6 Å². The second-order valence-electron chi connectivity index (χ2n) is 4.78. The van der Waals surface area contributed by atoms with Gasteiger partial charge < -0.3 is 9.84 Å². The Hall–Kier alpha value is -1.31. The maximum Gasteiger partial charge on any atom is 0.307 e. The Morgan fingerprint density at radius 1 is 1.48 bits per heavy atom. The van der Waals surface area contributed by atoms with Crippen molar-refractivity contribution in [1.82, 2.24) is 4.31 Å². The molecule has 0 radical (unpaired) electrons. The number of hydrogen-bond acceptors (Lipinski definition) is 4. The van der Waals surface area contributed by atoms with E-state index in [4.69, 9.17) is 21.4 Å². The van der Waals surface area contributed by atoms with Gasteiger partial charge >= 0.3 is 5.97 Å². The Kier molecular flexibility index (Phi) is 5.61. The molecule has 0 saturated carbocycles. The van der Waals surface area contributed by atoms with Crippen molar-refractivity contribution in [2.75, 3.05) is 20.7 Å². The number of carbonyl (C=O) groups is 1. The van der Waals surface area contributed by atoms with Crippen LogP contribution in [-0.2, 0) is 14.8 Å². The molecule has 1 unspecified atom stereocenters. The lowest BCUT2D eigenvalue weighted by Crippen LogP contribution is -2.34. The van der Waals surface area contributed by atoms with E-state index < -0.39 is 21.9 Å². The van der Waals surface area contributed by atoms with Crippen LogP contribution in [0.25, 0.3) is 0 Å². The van der Waals surface area contributed by atoms with E-state index in [0.29, 0.717) is 11.3 Å². The maximum atomic E-state index is 12.5. The van der Waals surface area contributed by atoms with E-state index in [9.17, 15) is 13.2 Å². The normalized spacial score (nSPS) is 13.2. The molecule has 1 rings (SSSR count). The third-order valence-electron chi connectivity index (χ3n) is 3.09. The average molecular weight is 336 g/mol. The van der Waals surface area contributed by atoms with Crippen molar-refractivity contribution in [1.29, 1.82) is 0 Å². The predicted octanol–water partition coefficient (Wildman–Crippen LogP) is 2.00. The van der Waals surface area contributed by atoms with Crippen molar-refractivity contribution in [2.45, 2.75) is 18.7 Å². The number of carboxylic acids is 1. The predicted molar refractivity (Wildman–Crippen MR) is 79.4 cm³/mol. The smallest absolute Gasteiger partial charge is 0.307 e. The molecular formula is C13H18ClNO5S. The summed E-state index contributed by atoms with van der Waals surface area (Å²) in [6, 6.07) is 2.84. The summed E-state index contributed by atoms with van der Waals surface area (Å²) in [6.07, 6.45) is 0. The molecule has 0 spiro atoms. The first-order chi connectivity index (χ1) is 9.61. The number of nitrogens with zero attached hydrogens (tertiary/aromatic N) is 1. The minimum absolute atomic E-state index is 0.0355. The highest BCUT2D eigenvalue weighted by atomic mass is 35.5. The van der Waals surface area contributed by atoms with Gasteiger partial charge in [0.05, 0.1) is 22.9 Å². The van der Waals surface area contributed by atoms with Gasteiger partial charge in [-0.1, -0.05) is 18.5 Å². The van der Waals surface area contributed by atoms with Crippen LogP contribution in [0.1, 0.15) is 12.5 Å². The fourth-order valence-corrected chi connectivity index (χ4v) is 3.59. The van der Waals surface area contributed by atoms with Crippen molar-refractivity contribution < 1.29 is 23.1 Å².